The maximum absolute atomic E-state index is 13.8. The number of ether oxygens (including phenoxy) is 3. The van der Waals surface area contributed by atoms with Gasteiger partial charge in [0.1, 0.15) is 30.6 Å². The molecule has 18 nitrogen and oxygen atoms in total. The van der Waals surface area contributed by atoms with Crippen molar-refractivity contribution in [2.24, 2.45) is 5.11 Å². The molecule has 3 heterocycles. The summed E-state index contributed by atoms with van der Waals surface area (Å²) in [4.78, 5) is 29.4. The molecule has 2 aliphatic heterocycles. The van der Waals surface area contributed by atoms with Crippen LogP contribution < -0.4 is 11.2 Å². The highest BCUT2D eigenvalue weighted by molar-refractivity contribution is 7.48. The van der Waals surface area contributed by atoms with E-state index in [-0.39, 0.29) is 31.8 Å². The average molecular weight is 778 g/mol. The van der Waals surface area contributed by atoms with Crippen molar-refractivity contribution in [3.8, 4) is 0 Å². The number of rotatable bonds is 27. The molecule has 0 radical (unpaired) electrons. The fourth-order valence-electron chi connectivity index (χ4n) is 6.29. The molecule has 5 N–H and O–H groups in total. The molecule has 304 valence electrons. The Hall–Kier alpha value is -2.18. The summed E-state index contributed by atoms with van der Waals surface area (Å²) < 4.78 is 48.5. The van der Waals surface area contributed by atoms with E-state index in [1.54, 1.807) is 0 Å². The number of aliphatic hydroxyl groups is 4. The van der Waals surface area contributed by atoms with E-state index in [0.717, 1.165) is 25.7 Å². The van der Waals surface area contributed by atoms with E-state index in [2.05, 4.69) is 21.9 Å². The molecule has 2 fully saturated rings. The molecule has 3 rings (SSSR count). The first-order valence-corrected chi connectivity index (χ1v) is 20.5. The largest absolute Gasteiger partial charge is 0.474 e. The molecule has 0 amide bonds. The first kappa shape index (κ1) is 45.2. The lowest BCUT2D eigenvalue weighted by Gasteiger charge is -2.39. The first-order valence-electron chi connectivity index (χ1n) is 19.0. The first-order chi connectivity index (χ1) is 25.5. The lowest BCUT2D eigenvalue weighted by atomic mass is 9.99. The second kappa shape index (κ2) is 24.4. The van der Waals surface area contributed by atoms with Gasteiger partial charge in [-0.15, -0.1) is 0 Å². The smallest absolute Gasteiger partial charge is 0.394 e. The molecule has 53 heavy (non-hydrogen) atoms. The van der Waals surface area contributed by atoms with Crippen LogP contribution in [0.4, 0.5) is 0 Å². The topological polar surface area (TPSA) is 257 Å². The number of nitrogens with one attached hydrogen (secondary N) is 1. The zero-order valence-electron chi connectivity index (χ0n) is 31.0. The van der Waals surface area contributed by atoms with Gasteiger partial charge in [-0.1, -0.05) is 95.5 Å². The summed E-state index contributed by atoms with van der Waals surface area (Å²) in [6.07, 6.45) is 8.46. The summed E-state index contributed by atoms with van der Waals surface area (Å²) in [5.41, 5.74) is 8.18. The molecule has 19 heteroatoms. The monoisotopic (exact) mass is 777 g/mol. The summed E-state index contributed by atoms with van der Waals surface area (Å²) in [5, 5.41) is 43.4. The Labute approximate surface area is 310 Å². The van der Waals surface area contributed by atoms with E-state index in [0.29, 0.717) is 6.42 Å². The van der Waals surface area contributed by atoms with Crippen molar-refractivity contribution in [3.63, 3.8) is 0 Å². The zero-order chi connectivity index (χ0) is 38.6. The lowest BCUT2D eigenvalue weighted by Crippen LogP contribution is -2.59. The van der Waals surface area contributed by atoms with Gasteiger partial charge in [0, 0.05) is 23.1 Å². The van der Waals surface area contributed by atoms with Gasteiger partial charge in [0.15, 0.2) is 6.29 Å². The number of aromatic amines is 1. The van der Waals surface area contributed by atoms with Crippen molar-refractivity contribution in [3.05, 3.63) is 43.0 Å². The zero-order valence-corrected chi connectivity index (χ0v) is 31.9. The van der Waals surface area contributed by atoms with E-state index >= 15 is 0 Å². The highest BCUT2D eigenvalue weighted by Gasteiger charge is 2.44. The minimum absolute atomic E-state index is 0.0584. The Bertz CT molecular complexity index is 1410. The van der Waals surface area contributed by atoms with Crippen LogP contribution in [0.15, 0.2) is 20.9 Å². The van der Waals surface area contributed by atoms with Crippen molar-refractivity contribution < 1.29 is 52.8 Å². The highest BCUT2D eigenvalue weighted by atomic mass is 31.2. The predicted octanol–water partition coefficient (Wildman–Crippen LogP) is 4.27. The summed E-state index contributed by atoms with van der Waals surface area (Å²) >= 11 is 0. The Morgan fingerprint density at radius 3 is 2.08 bits per heavy atom. The van der Waals surface area contributed by atoms with Gasteiger partial charge in [-0.25, -0.2) is 9.36 Å². The minimum atomic E-state index is -4.29. The molecular weight excluding hydrogens is 717 g/mol. The molecule has 2 aliphatic rings. The van der Waals surface area contributed by atoms with Crippen LogP contribution in [-0.4, -0.2) is 106 Å². The fraction of sp³-hybridized carbons (Fsp3) is 0.882. The van der Waals surface area contributed by atoms with Gasteiger partial charge in [0.25, 0.3) is 5.56 Å². The van der Waals surface area contributed by atoms with Crippen LogP contribution in [0.3, 0.4) is 0 Å². The minimum Gasteiger partial charge on any atom is -0.394 e. The van der Waals surface area contributed by atoms with Crippen LogP contribution in [0, 0.1) is 6.92 Å². The lowest BCUT2D eigenvalue weighted by molar-refractivity contribution is -0.301. The molecule has 0 saturated carbocycles. The average Bonchev–Trinajstić information content (AvgIpc) is 3.54. The van der Waals surface area contributed by atoms with Crippen molar-refractivity contribution in [2.45, 2.75) is 159 Å². The van der Waals surface area contributed by atoms with Crippen molar-refractivity contribution >= 4 is 7.82 Å². The molecule has 0 aliphatic carbocycles. The van der Waals surface area contributed by atoms with Crippen LogP contribution in [0.5, 0.6) is 0 Å². The molecular formula is C34H60N5O13P. The van der Waals surface area contributed by atoms with E-state index in [1.165, 1.54) is 75.5 Å². The van der Waals surface area contributed by atoms with Gasteiger partial charge >= 0.3 is 13.5 Å². The second-order valence-corrected chi connectivity index (χ2v) is 15.4. The van der Waals surface area contributed by atoms with Crippen molar-refractivity contribution in [2.75, 3.05) is 33.0 Å². The Balaban J connectivity index is 1.51. The number of nitrogens with zero attached hydrogens (tertiary/aromatic N) is 4. The molecule has 9 atom stereocenters. The van der Waals surface area contributed by atoms with Gasteiger partial charge < -0.3 is 34.6 Å². The predicted molar refractivity (Wildman–Crippen MR) is 193 cm³/mol. The van der Waals surface area contributed by atoms with Gasteiger partial charge in [-0.2, -0.15) is 0 Å². The van der Waals surface area contributed by atoms with Crippen LogP contribution in [0.25, 0.3) is 10.4 Å². The molecule has 2 saturated heterocycles. The maximum atomic E-state index is 13.8. The second-order valence-electron chi connectivity index (χ2n) is 13.7. The summed E-state index contributed by atoms with van der Waals surface area (Å²) in [5.74, 6) is 0. The van der Waals surface area contributed by atoms with E-state index in [9.17, 15) is 34.6 Å². The van der Waals surface area contributed by atoms with E-state index in [1.807, 2.05) is 0 Å². The number of aryl methyl sites for hydroxylation is 1. The van der Waals surface area contributed by atoms with Gasteiger partial charge in [-0.05, 0) is 18.9 Å². The summed E-state index contributed by atoms with van der Waals surface area (Å²) in [7, 11) is -4.29. The number of phosphoric ester groups is 1. The van der Waals surface area contributed by atoms with Gasteiger partial charge in [0.05, 0.1) is 45.2 Å². The van der Waals surface area contributed by atoms with Crippen molar-refractivity contribution in [1.82, 2.24) is 9.55 Å². The standard InChI is InChI=1S/C34H60N5O13P/c1-3-4-5-6-7-8-9-10-11-12-13-14-15-16-17-48-53(46,49-19-18-47-33-31(43)30(42)29(41)26(22-40)52-33)50-23-27-25(37-38-35)20-28(51-27)39-21-24(2)32(44)36-34(39)45/h21,25-31,33,40-43H,3-20,22-23H2,1-2H3,(H,36,44,45)/t25-,26+,27+,28+,29+,30-,31-,33-,53?/m0/s1. The Morgan fingerprint density at radius 2 is 1.47 bits per heavy atom. The van der Waals surface area contributed by atoms with Crippen LogP contribution in [-0.2, 0) is 32.3 Å². The van der Waals surface area contributed by atoms with Gasteiger partial charge in [-0.3, -0.25) is 27.9 Å². The van der Waals surface area contributed by atoms with Crippen LogP contribution in [0.2, 0.25) is 0 Å². The van der Waals surface area contributed by atoms with E-state index < -0.39 is 81.4 Å². The third-order valence-corrected chi connectivity index (χ3v) is 10.9. The quantitative estimate of drug-likeness (QED) is 0.0275. The number of unbranched alkanes of at least 4 members (excludes halogenated alkanes) is 13. The van der Waals surface area contributed by atoms with Crippen molar-refractivity contribution in [1.29, 1.82) is 0 Å². The Kier molecular flexibility index (Phi) is 20.8. The van der Waals surface area contributed by atoms with Crippen LogP contribution >= 0.6 is 7.82 Å². The molecule has 0 spiro atoms. The number of H-pyrrole nitrogens is 1. The molecule has 0 aromatic carbocycles. The molecule has 1 aromatic heterocycles. The number of azide groups is 1. The molecule has 0 bridgehead atoms. The third kappa shape index (κ3) is 15.1. The highest BCUT2D eigenvalue weighted by Crippen LogP contribution is 2.50. The molecule has 1 unspecified atom stereocenters. The number of aromatic nitrogens is 2. The fourth-order valence-corrected chi connectivity index (χ4v) is 7.50. The van der Waals surface area contributed by atoms with E-state index in [4.69, 9.17) is 33.3 Å². The summed E-state index contributed by atoms with van der Waals surface area (Å²) in [6, 6.07) is -0.821. The summed E-state index contributed by atoms with van der Waals surface area (Å²) in [6.45, 7) is 2.10. The van der Waals surface area contributed by atoms with Gasteiger partial charge in [0.2, 0.25) is 0 Å². The third-order valence-electron chi connectivity index (χ3n) is 9.47. The number of phosphoric acid groups is 1. The number of aliphatic hydroxyl groups excluding tert-OH is 4. The number of hydrogen-bond donors (Lipinski definition) is 5. The Morgan fingerprint density at radius 1 is 0.868 bits per heavy atom. The molecule has 1 aromatic rings. The number of hydrogen-bond acceptors (Lipinski definition) is 14. The van der Waals surface area contributed by atoms with Crippen LogP contribution in [0.1, 0.15) is 115 Å². The maximum Gasteiger partial charge on any atom is 0.474 e. The normalized spacial score (nSPS) is 27.1. The SMILES string of the molecule is CCCCCCCCCCCCCCCCOP(=O)(OCCO[C@H]1O[C@H](CO)[C@@H](O)[C@H](O)[C@@H]1O)OC[C@H]1O[C@@H](n2cc(C)c(=O)[nH]c2=O)C[C@@H]1N=[N+]=[N-].